The van der Waals surface area contributed by atoms with Gasteiger partial charge in [0.1, 0.15) is 0 Å². The first-order valence-electron chi connectivity index (χ1n) is 20.3. The molecule has 1 aromatic heterocycles. The van der Waals surface area contributed by atoms with Crippen LogP contribution in [0, 0.1) is 5.92 Å². The van der Waals surface area contributed by atoms with Crippen LogP contribution in [0.25, 0.3) is 0 Å². The second-order valence-corrected chi connectivity index (χ2v) is 14.3. The van der Waals surface area contributed by atoms with E-state index >= 15 is 0 Å². The Balaban J connectivity index is 1.98. The molecule has 1 aromatic rings. The Morgan fingerprint density at radius 2 is 0.721 bits per heavy atom. The fraction of sp³-hybridized carbons (Fsp3) is 0.881. The van der Waals surface area contributed by atoms with E-state index in [0.29, 0.717) is 0 Å². The third-order valence-electron chi connectivity index (χ3n) is 9.93. The van der Waals surface area contributed by atoms with Crippen LogP contribution in [-0.4, -0.2) is 4.98 Å². The molecule has 0 N–H and O–H groups in total. The smallest absolute Gasteiger partial charge is 0.0299 e. The first-order chi connectivity index (χ1) is 21.4. The maximum atomic E-state index is 4.39. The van der Waals surface area contributed by atoms with Crippen LogP contribution < -0.4 is 0 Å². The highest BCUT2D eigenvalue weighted by molar-refractivity contribution is 5.09. The third kappa shape index (κ3) is 29.6. The zero-order chi connectivity index (χ0) is 30.7. The highest BCUT2D eigenvalue weighted by Crippen LogP contribution is 2.23. The lowest BCUT2D eigenvalue weighted by Crippen LogP contribution is -2.05. The van der Waals surface area contributed by atoms with E-state index in [9.17, 15) is 0 Å². The number of hydrogen-bond acceptors (Lipinski definition) is 1. The molecule has 252 valence electrons. The number of rotatable bonds is 35. The lowest BCUT2D eigenvalue weighted by atomic mass is 9.89. The SMILES string of the molecule is CCCCCCCCCCCCCCCCCCCC(CCCCCCCCCCCCCCCC)Cc1cccnc1. The molecule has 0 spiro atoms. The summed E-state index contributed by atoms with van der Waals surface area (Å²) in [6, 6.07) is 4.41. The molecule has 0 amide bonds. The molecule has 0 radical (unpaired) electrons. The van der Waals surface area contributed by atoms with Crippen LogP contribution in [0.5, 0.6) is 0 Å². The molecule has 1 unspecified atom stereocenters. The predicted molar refractivity (Wildman–Crippen MR) is 195 cm³/mol. The topological polar surface area (TPSA) is 12.9 Å². The molecule has 0 aliphatic rings. The molecule has 0 saturated heterocycles. The van der Waals surface area contributed by atoms with Crippen molar-refractivity contribution in [2.24, 2.45) is 5.92 Å². The molecule has 1 heterocycles. The van der Waals surface area contributed by atoms with E-state index in [1.54, 1.807) is 0 Å². The van der Waals surface area contributed by atoms with Gasteiger partial charge in [-0.2, -0.15) is 0 Å². The van der Waals surface area contributed by atoms with E-state index < -0.39 is 0 Å². The summed E-state index contributed by atoms with van der Waals surface area (Å²) in [4.78, 5) is 4.39. The third-order valence-corrected chi connectivity index (χ3v) is 9.93. The number of hydrogen-bond donors (Lipinski definition) is 0. The zero-order valence-electron chi connectivity index (χ0n) is 29.9. The second-order valence-electron chi connectivity index (χ2n) is 14.3. The average Bonchev–Trinajstić information content (AvgIpc) is 3.03. The van der Waals surface area contributed by atoms with Crippen LogP contribution in [-0.2, 0) is 6.42 Å². The van der Waals surface area contributed by atoms with E-state index in [1.165, 1.54) is 224 Å². The molecule has 1 nitrogen and oxygen atoms in total. The summed E-state index contributed by atoms with van der Waals surface area (Å²) in [5.41, 5.74) is 1.45. The van der Waals surface area contributed by atoms with Crippen molar-refractivity contribution in [2.75, 3.05) is 0 Å². The van der Waals surface area contributed by atoms with E-state index in [-0.39, 0.29) is 0 Å². The summed E-state index contributed by atoms with van der Waals surface area (Å²) in [6.07, 6.45) is 53.3. The number of nitrogens with zero attached hydrogens (tertiary/aromatic N) is 1. The number of unbranched alkanes of at least 4 members (excludes halogenated alkanes) is 29. The molecule has 0 fully saturated rings. The van der Waals surface area contributed by atoms with Gasteiger partial charge in [0.15, 0.2) is 0 Å². The van der Waals surface area contributed by atoms with Crippen molar-refractivity contribution >= 4 is 0 Å². The summed E-state index contributed by atoms with van der Waals surface area (Å²) in [5, 5.41) is 0. The van der Waals surface area contributed by atoms with Crippen LogP contribution in [0.1, 0.15) is 231 Å². The minimum absolute atomic E-state index is 0.859. The summed E-state index contributed by atoms with van der Waals surface area (Å²) >= 11 is 0. The minimum Gasteiger partial charge on any atom is -0.264 e. The Morgan fingerprint density at radius 3 is 1.00 bits per heavy atom. The molecule has 0 saturated carbocycles. The fourth-order valence-electron chi connectivity index (χ4n) is 6.99. The Labute approximate surface area is 272 Å². The van der Waals surface area contributed by atoms with Gasteiger partial charge in [-0.15, -0.1) is 0 Å². The van der Waals surface area contributed by atoms with Gasteiger partial charge in [0.25, 0.3) is 0 Å². The summed E-state index contributed by atoms with van der Waals surface area (Å²) in [6.45, 7) is 4.62. The van der Waals surface area contributed by atoms with Crippen LogP contribution >= 0.6 is 0 Å². The standard InChI is InChI=1S/C42H79N/c1-3-5-7-9-11-13-15-17-19-20-21-23-25-27-29-31-33-36-41(39-42-37-34-38-43-40-42)35-32-30-28-26-24-22-18-16-14-12-10-8-6-4-2/h34,37-38,40-41H,3-33,35-36,39H2,1-2H3. The first kappa shape index (κ1) is 40.2. The molecule has 0 bridgehead atoms. The predicted octanol–water partition coefficient (Wildman–Crippen LogP) is 15.2. The molecule has 0 aliphatic carbocycles. The monoisotopic (exact) mass is 598 g/mol. The normalized spacial score (nSPS) is 12.2. The summed E-state index contributed by atoms with van der Waals surface area (Å²) < 4.78 is 0. The van der Waals surface area contributed by atoms with Crippen molar-refractivity contribution in [3.8, 4) is 0 Å². The van der Waals surface area contributed by atoms with Crippen molar-refractivity contribution in [1.82, 2.24) is 4.98 Å². The number of aromatic nitrogens is 1. The first-order valence-corrected chi connectivity index (χ1v) is 20.3. The molecular weight excluding hydrogens is 518 g/mol. The van der Waals surface area contributed by atoms with E-state index in [4.69, 9.17) is 0 Å². The molecule has 1 rings (SSSR count). The maximum Gasteiger partial charge on any atom is 0.0299 e. The maximum absolute atomic E-state index is 4.39. The molecule has 0 aliphatic heterocycles. The Kier molecular flexibility index (Phi) is 31.8. The van der Waals surface area contributed by atoms with Crippen molar-refractivity contribution in [3.05, 3.63) is 30.1 Å². The van der Waals surface area contributed by atoms with E-state index in [0.717, 1.165) is 5.92 Å². The van der Waals surface area contributed by atoms with Gasteiger partial charge in [-0.3, -0.25) is 4.98 Å². The van der Waals surface area contributed by atoms with Crippen molar-refractivity contribution in [3.63, 3.8) is 0 Å². The van der Waals surface area contributed by atoms with Crippen molar-refractivity contribution < 1.29 is 0 Å². The van der Waals surface area contributed by atoms with Gasteiger partial charge in [-0.05, 0) is 24.0 Å². The average molecular weight is 598 g/mol. The van der Waals surface area contributed by atoms with E-state index in [1.807, 2.05) is 6.20 Å². The van der Waals surface area contributed by atoms with Crippen LogP contribution in [0.4, 0.5) is 0 Å². The lowest BCUT2D eigenvalue weighted by Gasteiger charge is -2.17. The quantitative estimate of drug-likeness (QED) is 0.0709. The molecule has 43 heavy (non-hydrogen) atoms. The lowest BCUT2D eigenvalue weighted by molar-refractivity contribution is 0.399. The summed E-state index contributed by atoms with van der Waals surface area (Å²) in [7, 11) is 0. The van der Waals surface area contributed by atoms with Gasteiger partial charge in [-0.25, -0.2) is 0 Å². The fourth-order valence-corrected chi connectivity index (χ4v) is 6.99. The van der Waals surface area contributed by atoms with Gasteiger partial charge in [0.2, 0.25) is 0 Å². The number of pyridine rings is 1. The minimum atomic E-state index is 0.859. The van der Waals surface area contributed by atoms with Gasteiger partial charge in [0.05, 0.1) is 0 Å². The van der Waals surface area contributed by atoms with E-state index in [2.05, 4.69) is 37.2 Å². The van der Waals surface area contributed by atoms with Crippen molar-refractivity contribution in [2.45, 2.75) is 232 Å². The van der Waals surface area contributed by atoms with Gasteiger partial charge in [0, 0.05) is 12.4 Å². The molecule has 1 heteroatoms. The van der Waals surface area contributed by atoms with Gasteiger partial charge >= 0.3 is 0 Å². The Hall–Kier alpha value is -0.850. The van der Waals surface area contributed by atoms with Crippen LogP contribution in [0.15, 0.2) is 24.5 Å². The van der Waals surface area contributed by atoms with Crippen molar-refractivity contribution in [1.29, 1.82) is 0 Å². The second kappa shape index (κ2) is 34.0. The highest BCUT2D eigenvalue weighted by Gasteiger charge is 2.10. The Morgan fingerprint density at radius 1 is 0.419 bits per heavy atom. The van der Waals surface area contributed by atoms with Crippen LogP contribution in [0.2, 0.25) is 0 Å². The molecule has 0 aromatic carbocycles. The molecular formula is C42H79N. The van der Waals surface area contributed by atoms with Gasteiger partial charge in [-0.1, -0.05) is 232 Å². The summed E-state index contributed by atoms with van der Waals surface area (Å²) in [5.74, 6) is 0.859. The van der Waals surface area contributed by atoms with Crippen LogP contribution in [0.3, 0.4) is 0 Å². The largest absolute Gasteiger partial charge is 0.264 e. The highest BCUT2D eigenvalue weighted by atomic mass is 14.6. The molecule has 1 atom stereocenters. The zero-order valence-corrected chi connectivity index (χ0v) is 29.9. The van der Waals surface area contributed by atoms with Gasteiger partial charge < -0.3 is 0 Å². The Bertz CT molecular complexity index is 625.